The lowest BCUT2D eigenvalue weighted by Gasteiger charge is -2.11. The summed E-state index contributed by atoms with van der Waals surface area (Å²) in [6.07, 6.45) is 3.17. The first-order chi connectivity index (χ1) is 8.66. The summed E-state index contributed by atoms with van der Waals surface area (Å²) in [4.78, 5) is 11.5. The Morgan fingerprint density at radius 3 is 2.67 bits per heavy atom. The van der Waals surface area contributed by atoms with Gasteiger partial charge in [0, 0.05) is 18.4 Å². The summed E-state index contributed by atoms with van der Waals surface area (Å²) in [7, 11) is 0. The number of carbonyl (C=O) groups excluding carboxylic acids is 1. The van der Waals surface area contributed by atoms with Gasteiger partial charge in [-0.1, -0.05) is 25.6 Å². The van der Waals surface area contributed by atoms with Gasteiger partial charge in [0.05, 0.1) is 6.61 Å². The molecule has 0 spiro atoms. The van der Waals surface area contributed by atoms with Crippen LogP contribution >= 0.6 is 11.8 Å². The van der Waals surface area contributed by atoms with Gasteiger partial charge in [0.2, 0.25) is 0 Å². The minimum Gasteiger partial charge on any atom is -0.465 e. The predicted molar refractivity (Wildman–Crippen MR) is 67.6 cm³/mol. The van der Waals surface area contributed by atoms with Crippen LogP contribution < -0.4 is 0 Å². The van der Waals surface area contributed by atoms with Gasteiger partial charge < -0.3 is 9.30 Å². The maximum absolute atomic E-state index is 11.5. The third-order valence-electron chi connectivity index (χ3n) is 3.25. The second-order valence-corrected chi connectivity index (χ2v) is 6.33. The number of aromatic nitrogens is 3. The zero-order valence-electron chi connectivity index (χ0n) is 10.6. The van der Waals surface area contributed by atoms with Crippen LogP contribution in [-0.4, -0.2) is 32.6 Å². The van der Waals surface area contributed by atoms with Gasteiger partial charge in [0.15, 0.2) is 5.16 Å². The summed E-state index contributed by atoms with van der Waals surface area (Å²) in [6.45, 7) is 4.79. The van der Waals surface area contributed by atoms with Gasteiger partial charge >= 0.3 is 5.97 Å². The first-order valence-electron chi connectivity index (χ1n) is 6.45. The van der Waals surface area contributed by atoms with Crippen molar-refractivity contribution in [1.29, 1.82) is 0 Å². The number of thioether (sulfide) groups is 1. The lowest BCUT2D eigenvalue weighted by molar-refractivity contribution is -0.137. The number of nitrogens with zero attached hydrogens (tertiary/aromatic N) is 3. The molecule has 5 nitrogen and oxygen atoms in total. The molecule has 0 bridgehead atoms. The SMILES string of the molecule is CC(C)c1nnc(S[C@@H]2CCOC2=O)n1C1CC1. The molecule has 2 heterocycles. The van der Waals surface area contributed by atoms with Crippen LogP contribution in [0, 0.1) is 0 Å². The zero-order chi connectivity index (χ0) is 12.7. The van der Waals surface area contributed by atoms with Crippen molar-refractivity contribution in [2.24, 2.45) is 0 Å². The van der Waals surface area contributed by atoms with E-state index < -0.39 is 0 Å². The second-order valence-electron chi connectivity index (χ2n) is 5.16. The van der Waals surface area contributed by atoms with E-state index in [2.05, 4.69) is 28.6 Å². The molecule has 0 radical (unpaired) electrons. The molecule has 3 rings (SSSR count). The molecule has 1 saturated heterocycles. The molecule has 1 aliphatic carbocycles. The Hall–Kier alpha value is -1.04. The first-order valence-corrected chi connectivity index (χ1v) is 7.33. The van der Waals surface area contributed by atoms with Crippen molar-refractivity contribution in [3.05, 3.63) is 5.82 Å². The van der Waals surface area contributed by atoms with E-state index in [1.54, 1.807) is 0 Å². The van der Waals surface area contributed by atoms with Gasteiger partial charge in [-0.3, -0.25) is 4.79 Å². The van der Waals surface area contributed by atoms with Crippen molar-refractivity contribution in [3.8, 4) is 0 Å². The highest BCUT2D eigenvalue weighted by molar-refractivity contribution is 8.00. The summed E-state index contributed by atoms with van der Waals surface area (Å²) in [6, 6.07) is 0.539. The monoisotopic (exact) mass is 267 g/mol. The largest absolute Gasteiger partial charge is 0.465 e. The van der Waals surface area contributed by atoms with Crippen LogP contribution in [-0.2, 0) is 9.53 Å². The molecule has 0 aromatic carbocycles. The van der Waals surface area contributed by atoms with Crippen LogP contribution in [0.15, 0.2) is 5.16 Å². The van der Waals surface area contributed by atoms with E-state index >= 15 is 0 Å². The minimum absolute atomic E-state index is 0.105. The number of cyclic esters (lactones) is 1. The number of carbonyl (C=O) groups is 1. The van der Waals surface area contributed by atoms with E-state index in [1.807, 2.05) is 0 Å². The molecule has 6 heteroatoms. The topological polar surface area (TPSA) is 57.0 Å². The Morgan fingerprint density at radius 2 is 2.11 bits per heavy atom. The molecule has 1 aromatic rings. The Balaban J connectivity index is 1.85. The van der Waals surface area contributed by atoms with Crippen molar-refractivity contribution >= 4 is 17.7 Å². The van der Waals surface area contributed by atoms with Crippen LogP contribution in [0.1, 0.15) is 50.9 Å². The van der Waals surface area contributed by atoms with E-state index in [1.165, 1.54) is 24.6 Å². The molecule has 1 aromatic heterocycles. The molecule has 0 amide bonds. The lowest BCUT2D eigenvalue weighted by Crippen LogP contribution is -2.12. The number of hydrogen-bond donors (Lipinski definition) is 0. The summed E-state index contributed by atoms with van der Waals surface area (Å²) >= 11 is 1.51. The van der Waals surface area contributed by atoms with Gasteiger partial charge in [-0.15, -0.1) is 10.2 Å². The van der Waals surface area contributed by atoms with Crippen LogP contribution in [0.5, 0.6) is 0 Å². The van der Waals surface area contributed by atoms with Gasteiger partial charge in [-0.2, -0.15) is 0 Å². The van der Waals surface area contributed by atoms with E-state index in [4.69, 9.17) is 4.74 Å². The molecule has 0 unspecified atom stereocenters. The Labute approximate surface area is 110 Å². The molecular formula is C12H17N3O2S. The lowest BCUT2D eigenvalue weighted by atomic mass is 10.2. The quantitative estimate of drug-likeness (QED) is 0.782. The van der Waals surface area contributed by atoms with E-state index in [-0.39, 0.29) is 11.2 Å². The third kappa shape index (κ3) is 2.13. The summed E-state index contributed by atoms with van der Waals surface area (Å²) in [5, 5.41) is 9.32. The highest BCUT2D eigenvalue weighted by Gasteiger charge is 2.34. The van der Waals surface area contributed by atoms with Gasteiger partial charge in [0.1, 0.15) is 11.1 Å². The number of ether oxygens (including phenoxy) is 1. The Morgan fingerprint density at radius 1 is 1.33 bits per heavy atom. The Bertz CT molecular complexity index is 468. The zero-order valence-corrected chi connectivity index (χ0v) is 11.4. The van der Waals surface area contributed by atoms with Crippen molar-refractivity contribution in [2.45, 2.75) is 55.5 Å². The molecule has 1 aliphatic heterocycles. The maximum Gasteiger partial charge on any atom is 0.319 e. The maximum atomic E-state index is 11.5. The van der Waals surface area contributed by atoms with Crippen LogP contribution in [0.3, 0.4) is 0 Å². The van der Waals surface area contributed by atoms with Crippen LogP contribution in [0.25, 0.3) is 0 Å². The summed E-state index contributed by atoms with van der Waals surface area (Å²) in [5.74, 6) is 1.28. The fraction of sp³-hybridized carbons (Fsp3) is 0.750. The number of hydrogen-bond acceptors (Lipinski definition) is 5. The first kappa shape index (κ1) is 12.0. The van der Waals surface area contributed by atoms with Crippen molar-refractivity contribution in [1.82, 2.24) is 14.8 Å². The summed E-state index contributed by atoms with van der Waals surface area (Å²) < 4.78 is 7.21. The molecule has 1 saturated carbocycles. The number of esters is 1. The van der Waals surface area contributed by atoms with Crippen molar-refractivity contribution in [2.75, 3.05) is 6.61 Å². The Kier molecular flexibility index (Phi) is 3.05. The molecule has 2 fully saturated rings. The van der Waals surface area contributed by atoms with Crippen molar-refractivity contribution < 1.29 is 9.53 Å². The molecule has 18 heavy (non-hydrogen) atoms. The van der Waals surface area contributed by atoms with E-state index in [9.17, 15) is 4.79 Å². The average molecular weight is 267 g/mol. The van der Waals surface area contributed by atoms with Gasteiger partial charge in [-0.05, 0) is 12.8 Å². The second kappa shape index (κ2) is 4.57. The normalized spacial score (nSPS) is 23.7. The minimum atomic E-state index is -0.114. The highest BCUT2D eigenvalue weighted by Crippen LogP contribution is 2.41. The average Bonchev–Trinajstić information content (AvgIpc) is 2.96. The third-order valence-corrected chi connectivity index (χ3v) is 4.46. The molecule has 1 atom stereocenters. The van der Waals surface area contributed by atoms with Crippen LogP contribution in [0.4, 0.5) is 0 Å². The number of rotatable bonds is 4. The van der Waals surface area contributed by atoms with Crippen LogP contribution in [0.2, 0.25) is 0 Å². The highest BCUT2D eigenvalue weighted by atomic mass is 32.2. The molecule has 2 aliphatic rings. The van der Waals surface area contributed by atoms with Gasteiger partial charge in [0.25, 0.3) is 0 Å². The summed E-state index contributed by atoms with van der Waals surface area (Å²) in [5.41, 5.74) is 0. The molecule has 0 N–H and O–H groups in total. The fourth-order valence-corrected chi connectivity index (χ4v) is 3.23. The predicted octanol–water partition coefficient (Wildman–Crippen LogP) is 2.14. The standard InChI is InChI=1S/C12H17N3O2S/c1-7(2)10-13-14-12(15(10)8-3-4-8)18-9-5-6-17-11(9)16/h7-9H,3-6H2,1-2H3/t9-/m1/s1. The van der Waals surface area contributed by atoms with Crippen molar-refractivity contribution in [3.63, 3.8) is 0 Å². The van der Waals surface area contributed by atoms with Gasteiger partial charge in [-0.25, -0.2) is 0 Å². The van der Waals surface area contributed by atoms with E-state index in [0.29, 0.717) is 18.6 Å². The molecule has 98 valence electrons. The fourth-order valence-electron chi connectivity index (χ4n) is 2.15. The van der Waals surface area contributed by atoms with E-state index in [0.717, 1.165) is 17.4 Å². The molecular weight excluding hydrogens is 250 g/mol. The smallest absolute Gasteiger partial charge is 0.319 e.